The molecule has 1 atom stereocenters. The van der Waals surface area contributed by atoms with Crippen LogP contribution in [0.15, 0.2) is 18.2 Å². The van der Waals surface area contributed by atoms with Gasteiger partial charge in [0.05, 0.1) is 0 Å². The molecular weight excluding hydrogens is 220 g/mol. The topological polar surface area (TPSA) is 17.1 Å². The van der Waals surface area contributed by atoms with Gasteiger partial charge in [-0.05, 0) is 40.9 Å². The molecule has 0 N–H and O–H groups in total. The Balaban J connectivity index is 2.52. The Bertz CT molecular complexity index is 489. The molecule has 1 nitrogen and oxygen atoms in total. The maximum atomic E-state index is 11.8. The number of fused-ring (bicyclic) bond motifs is 1. The fourth-order valence-corrected chi connectivity index (χ4v) is 3.14. The number of carbonyl (C=O) groups is 1. The van der Waals surface area contributed by atoms with E-state index in [1.165, 1.54) is 16.7 Å². The summed E-state index contributed by atoms with van der Waals surface area (Å²) >= 11 is 0. The second kappa shape index (κ2) is 3.94. The van der Waals surface area contributed by atoms with E-state index in [9.17, 15) is 4.79 Å². The van der Waals surface area contributed by atoms with E-state index in [1.54, 1.807) is 6.92 Å². The first-order chi connectivity index (χ1) is 8.14. The third kappa shape index (κ3) is 2.00. The molecule has 0 aromatic heterocycles. The Labute approximate surface area is 111 Å². The molecule has 0 bridgehead atoms. The summed E-state index contributed by atoms with van der Waals surface area (Å²) in [6.07, 6.45) is 0.905. The minimum atomic E-state index is -0.0254. The van der Waals surface area contributed by atoms with Crippen LogP contribution in [0.2, 0.25) is 0 Å². The van der Waals surface area contributed by atoms with Gasteiger partial charge < -0.3 is 0 Å². The van der Waals surface area contributed by atoms with E-state index in [4.69, 9.17) is 0 Å². The number of Topliss-reactive ketones (excluding diaryl/α,β-unsaturated/α-hetero) is 1. The van der Waals surface area contributed by atoms with Gasteiger partial charge in [0, 0.05) is 5.92 Å². The summed E-state index contributed by atoms with van der Waals surface area (Å²) in [4.78, 5) is 11.8. The van der Waals surface area contributed by atoms with Crippen molar-refractivity contribution in [2.45, 2.75) is 58.8 Å². The first-order valence-electron chi connectivity index (χ1n) is 6.78. The second-order valence-electron chi connectivity index (χ2n) is 7.21. The van der Waals surface area contributed by atoms with Crippen LogP contribution in [0.25, 0.3) is 0 Å². The minimum Gasteiger partial charge on any atom is -0.300 e. The summed E-state index contributed by atoms with van der Waals surface area (Å²) in [5, 5.41) is 0. The monoisotopic (exact) mass is 244 g/mol. The number of hydrogen-bond acceptors (Lipinski definition) is 1. The second-order valence-corrected chi connectivity index (χ2v) is 7.21. The van der Waals surface area contributed by atoms with E-state index in [1.807, 2.05) is 0 Å². The van der Waals surface area contributed by atoms with Crippen molar-refractivity contribution in [1.29, 1.82) is 0 Å². The first kappa shape index (κ1) is 13.3. The van der Waals surface area contributed by atoms with Crippen LogP contribution in [0.3, 0.4) is 0 Å². The maximum absolute atomic E-state index is 11.8. The standard InChI is InChI=1S/C17H24O/c1-11(18)14-9-12-7-8-13(16(2,3)4)10-15(12)17(14,5)6/h7-8,10,14H,9H2,1-6H3. The molecule has 0 heterocycles. The van der Waals surface area contributed by atoms with Gasteiger partial charge in [0.15, 0.2) is 0 Å². The summed E-state index contributed by atoms with van der Waals surface area (Å²) in [7, 11) is 0. The highest BCUT2D eigenvalue weighted by Gasteiger charge is 2.42. The summed E-state index contributed by atoms with van der Waals surface area (Å²) < 4.78 is 0. The molecule has 0 amide bonds. The van der Waals surface area contributed by atoms with Crippen LogP contribution in [0.1, 0.15) is 58.2 Å². The SMILES string of the molecule is CC(=O)C1Cc2ccc(C(C)(C)C)cc2C1(C)C. The van der Waals surface area contributed by atoms with Gasteiger partial charge in [-0.25, -0.2) is 0 Å². The fourth-order valence-electron chi connectivity index (χ4n) is 3.14. The molecule has 1 aliphatic rings. The summed E-state index contributed by atoms with van der Waals surface area (Å²) in [6, 6.07) is 6.76. The molecule has 1 aromatic carbocycles. The number of carbonyl (C=O) groups excluding carboxylic acids is 1. The van der Waals surface area contributed by atoms with E-state index in [0.717, 1.165) is 6.42 Å². The third-order valence-corrected chi connectivity index (χ3v) is 4.46. The number of benzene rings is 1. The van der Waals surface area contributed by atoms with E-state index < -0.39 is 0 Å². The molecule has 1 unspecified atom stereocenters. The Morgan fingerprint density at radius 3 is 2.39 bits per heavy atom. The van der Waals surface area contributed by atoms with Crippen LogP contribution in [-0.4, -0.2) is 5.78 Å². The molecule has 2 rings (SSSR count). The van der Waals surface area contributed by atoms with Crippen LogP contribution in [0.4, 0.5) is 0 Å². The summed E-state index contributed by atoms with van der Waals surface area (Å²) in [6.45, 7) is 12.8. The molecule has 1 heteroatoms. The van der Waals surface area contributed by atoms with Gasteiger partial charge in [-0.15, -0.1) is 0 Å². The largest absolute Gasteiger partial charge is 0.300 e. The van der Waals surface area contributed by atoms with Gasteiger partial charge >= 0.3 is 0 Å². The zero-order valence-corrected chi connectivity index (χ0v) is 12.4. The van der Waals surface area contributed by atoms with Crippen LogP contribution < -0.4 is 0 Å². The molecule has 0 saturated heterocycles. The lowest BCUT2D eigenvalue weighted by Gasteiger charge is -2.28. The Morgan fingerprint density at radius 1 is 1.28 bits per heavy atom. The minimum absolute atomic E-state index is 0.0254. The predicted octanol–water partition coefficient (Wildman–Crippen LogP) is 4.02. The Hall–Kier alpha value is -1.11. The Kier molecular flexibility index (Phi) is 2.92. The molecular formula is C17H24O. The normalized spacial score (nSPS) is 21.8. The summed E-state index contributed by atoms with van der Waals surface area (Å²) in [5.74, 6) is 0.455. The van der Waals surface area contributed by atoms with Crippen molar-refractivity contribution >= 4 is 5.78 Å². The lowest BCUT2D eigenvalue weighted by atomic mass is 9.75. The quantitative estimate of drug-likeness (QED) is 0.729. The highest BCUT2D eigenvalue weighted by Crippen LogP contribution is 2.44. The number of hydrogen-bond donors (Lipinski definition) is 0. The molecule has 18 heavy (non-hydrogen) atoms. The molecule has 0 aliphatic heterocycles. The number of rotatable bonds is 1. The van der Waals surface area contributed by atoms with Crippen LogP contribution in [0, 0.1) is 5.92 Å². The maximum Gasteiger partial charge on any atom is 0.134 e. The van der Waals surface area contributed by atoms with Crippen molar-refractivity contribution < 1.29 is 4.79 Å². The lowest BCUT2D eigenvalue weighted by molar-refractivity contribution is -0.122. The molecule has 0 radical (unpaired) electrons. The van der Waals surface area contributed by atoms with Crippen LogP contribution >= 0.6 is 0 Å². The fraction of sp³-hybridized carbons (Fsp3) is 0.588. The molecule has 1 aliphatic carbocycles. The van der Waals surface area contributed by atoms with E-state index >= 15 is 0 Å². The average Bonchev–Trinajstić information content (AvgIpc) is 2.49. The summed E-state index contributed by atoms with van der Waals surface area (Å²) in [5.41, 5.74) is 4.23. The highest BCUT2D eigenvalue weighted by atomic mass is 16.1. The van der Waals surface area contributed by atoms with Crippen molar-refractivity contribution in [2.24, 2.45) is 5.92 Å². The molecule has 1 aromatic rings. The zero-order chi connectivity index (χ0) is 13.7. The highest BCUT2D eigenvalue weighted by molar-refractivity contribution is 5.81. The third-order valence-electron chi connectivity index (χ3n) is 4.46. The van der Waals surface area contributed by atoms with Gasteiger partial charge in [-0.1, -0.05) is 52.8 Å². The van der Waals surface area contributed by atoms with Crippen LogP contribution in [-0.2, 0) is 22.0 Å². The predicted molar refractivity (Wildman–Crippen MR) is 76.0 cm³/mol. The van der Waals surface area contributed by atoms with E-state index in [2.05, 4.69) is 52.8 Å². The molecule has 0 fully saturated rings. The smallest absolute Gasteiger partial charge is 0.134 e. The first-order valence-corrected chi connectivity index (χ1v) is 6.78. The van der Waals surface area contributed by atoms with Crippen molar-refractivity contribution in [1.82, 2.24) is 0 Å². The average molecular weight is 244 g/mol. The van der Waals surface area contributed by atoms with Crippen LogP contribution in [0.5, 0.6) is 0 Å². The van der Waals surface area contributed by atoms with Crippen molar-refractivity contribution in [2.75, 3.05) is 0 Å². The molecule has 98 valence electrons. The number of ketones is 1. The molecule has 0 spiro atoms. The van der Waals surface area contributed by atoms with E-state index in [-0.39, 0.29) is 16.7 Å². The van der Waals surface area contributed by atoms with Gasteiger partial charge in [0.25, 0.3) is 0 Å². The van der Waals surface area contributed by atoms with Crippen molar-refractivity contribution in [3.63, 3.8) is 0 Å². The lowest BCUT2D eigenvalue weighted by Crippen LogP contribution is -2.29. The zero-order valence-electron chi connectivity index (χ0n) is 12.4. The van der Waals surface area contributed by atoms with Gasteiger partial charge in [-0.3, -0.25) is 4.79 Å². The van der Waals surface area contributed by atoms with Gasteiger partial charge in [-0.2, -0.15) is 0 Å². The van der Waals surface area contributed by atoms with Crippen molar-refractivity contribution in [3.8, 4) is 0 Å². The van der Waals surface area contributed by atoms with Gasteiger partial charge in [0.1, 0.15) is 5.78 Å². The Morgan fingerprint density at radius 2 is 1.89 bits per heavy atom. The van der Waals surface area contributed by atoms with E-state index in [0.29, 0.717) is 5.78 Å². The van der Waals surface area contributed by atoms with Gasteiger partial charge in [0.2, 0.25) is 0 Å². The molecule has 0 saturated carbocycles. The van der Waals surface area contributed by atoms with Crippen molar-refractivity contribution in [3.05, 3.63) is 34.9 Å².